The minimum atomic E-state index is -1.11. The molecule has 24 heavy (non-hydrogen) atoms. The van der Waals surface area contributed by atoms with Gasteiger partial charge in [0.05, 0.1) is 7.11 Å². The van der Waals surface area contributed by atoms with Gasteiger partial charge in [-0.2, -0.15) is 0 Å². The summed E-state index contributed by atoms with van der Waals surface area (Å²) in [5, 5.41) is 18.5. The second-order valence-corrected chi connectivity index (χ2v) is 5.61. The number of allylic oxidation sites excluding steroid dienone is 1. The highest BCUT2D eigenvalue weighted by molar-refractivity contribution is 5.84. The molecule has 1 aromatic rings. The molecular weight excluding hydrogens is 312 g/mol. The number of aliphatic carboxylic acids is 1. The SMILES string of the molecule is CCO[C@@H]1OC(C(=O)O)=C[C@H](c2ccc(OC)cc2)[C@H]1CCCO. The van der Waals surface area contributed by atoms with Crippen LogP contribution >= 0.6 is 0 Å². The predicted molar refractivity (Wildman–Crippen MR) is 87.8 cm³/mol. The van der Waals surface area contributed by atoms with Crippen molar-refractivity contribution in [3.8, 4) is 5.75 Å². The van der Waals surface area contributed by atoms with Crippen molar-refractivity contribution in [3.63, 3.8) is 0 Å². The summed E-state index contributed by atoms with van der Waals surface area (Å²) >= 11 is 0. The highest BCUT2D eigenvalue weighted by Gasteiger charge is 2.37. The molecule has 0 aliphatic carbocycles. The number of aliphatic hydroxyl groups excluding tert-OH is 1. The van der Waals surface area contributed by atoms with Crippen LogP contribution in [0.2, 0.25) is 0 Å². The molecule has 0 unspecified atom stereocenters. The van der Waals surface area contributed by atoms with Gasteiger partial charge in [-0.15, -0.1) is 0 Å². The molecule has 1 aromatic carbocycles. The number of benzene rings is 1. The van der Waals surface area contributed by atoms with E-state index in [1.807, 2.05) is 31.2 Å². The number of hydrogen-bond acceptors (Lipinski definition) is 5. The summed E-state index contributed by atoms with van der Waals surface area (Å²) in [7, 11) is 1.60. The van der Waals surface area contributed by atoms with E-state index in [0.29, 0.717) is 19.4 Å². The van der Waals surface area contributed by atoms with Crippen molar-refractivity contribution >= 4 is 5.97 Å². The molecule has 0 amide bonds. The zero-order chi connectivity index (χ0) is 17.5. The Morgan fingerprint density at radius 2 is 2.00 bits per heavy atom. The van der Waals surface area contributed by atoms with Crippen LogP contribution in [0.5, 0.6) is 5.75 Å². The maximum Gasteiger partial charge on any atom is 0.370 e. The Hall–Kier alpha value is -2.05. The predicted octanol–water partition coefficient (Wildman–Crippen LogP) is 2.53. The van der Waals surface area contributed by atoms with Gasteiger partial charge in [0.25, 0.3) is 0 Å². The number of hydrogen-bond donors (Lipinski definition) is 2. The van der Waals surface area contributed by atoms with Gasteiger partial charge in [0, 0.05) is 25.0 Å². The average molecular weight is 336 g/mol. The van der Waals surface area contributed by atoms with Gasteiger partial charge in [-0.25, -0.2) is 4.79 Å². The van der Waals surface area contributed by atoms with Gasteiger partial charge in [-0.3, -0.25) is 0 Å². The Bertz CT molecular complexity index is 565. The third-order valence-corrected chi connectivity index (χ3v) is 4.12. The van der Waals surface area contributed by atoms with Crippen LogP contribution in [0.4, 0.5) is 0 Å². The molecule has 6 heteroatoms. The monoisotopic (exact) mass is 336 g/mol. The number of ether oxygens (including phenoxy) is 3. The number of carboxylic acids is 1. The second-order valence-electron chi connectivity index (χ2n) is 5.61. The largest absolute Gasteiger partial charge is 0.497 e. The van der Waals surface area contributed by atoms with Crippen molar-refractivity contribution in [1.82, 2.24) is 0 Å². The first-order chi connectivity index (χ1) is 11.6. The number of aliphatic hydroxyl groups is 1. The molecule has 3 atom stereocenters. The van der Waals surface area contributed by atoms with Crippen LogP contribution in [0.1, 0.15) is 31.2 Å². The molecule has 0 radical (unpaired) electrons. The molecule has 0 saturated heterocycles. The van der Waals surface area contributed by atoms with E-state index in [9.17, 15) is 15.0 Å². The second kappa shape index (κ2) is 8.70. The molecule has 2 rings (SSSR count). The van der Waals surface area contributed by atoms with E-state index in [1.54, 1.807) is 13.2 Å². The third kappa shape index (κ3) is 4.27. The number of carboxylic acid groups (broad SMARTS) is 1. The molecule has 1 aliphatic rings. The van der Waals surface area contributed by atoms with Crippen LogP contribution in [0.3, 0.4) is 0 Å². The van der Waals surface area contributed by atoms with Gasteiger partial charge >= 0.3 is 5.97 Å². The Kier molecular flexibility index (Phi) is 6.63. The van der Waals surface area contributed by atoms with E-state index >= 15 is 0 Å². The first-order valence-electron chi connectivity index (χ1n) is 8.08. The van der Waals surface area contributed by atoms with Crippen molar-refractivity contribution in [1.29, 1.82) is 0 Å². The lowest BCUT2D eigenvalue weighted by Gasteiger charge is -2.36. The Morgan fingerprint density at radius 3 is 2.54 bits per heavy atom. The number of methoxy groups -OCH3 is 1. The molecule has 132 valence electrons. The van der Waals surface area contributed by atoms with Crippen LogP contribution in [-0.4, -0.2) is 42.8 Å². The van der Waals surface area contributed by atoms with Crippen LogP contribution in [0, 0.1) is 5.92 Å². The Labute approximate surface area is 141 Å². The quantitative estimate of drug-likeness (QED) is 0.759. The van der Waals surface area contributed by atoms with E-state index in [0.717, 1.165) is 11.3 Å². The van der Waals surface area contributed by atoms with Crippen molar-refractivity contribution in [2.75, 3.05) is 20.3 Å². The topological polar surface area (TPSA) is 85.2 Å². The summed E-state index contributed by atoms with van der Waals surface area (Å²) in [5.41, 5.74) is 0.963. The maximum absolute atomic E-state index is 11.4. The highest BCUT2D eigenvalue weighted by Crippen LogP contribution is 2.39. The Morgan fingerprint density at radius 1 is 1.29 bits per heavy atom. The fourth-order valence-corrected chi connectivity index (χ4v) is 2.96. The van der Waals surface area contributed by atoms with E-state index in [4.69, 9.17) is 14.2 Å². The highest BCUT2D eigenvalue weighted by atomic mass is 16.7. The van der Waals surface area contributed by atoms with Crippen molar-refractivity contribution in [3.05, 3.63) is 41.7 Å². The van der Waals surface area contributed by atoms with E-state index in [-0.39, 0.29) is 24.2 Å². The lowest BCUT2D eigenvalue weighted by molar-refractivity contribution is -0.173. The van der Waals surface area contributed by atoms with Gasteiger partial charge in [-0.05, 0) is 43.5 Å². The normalized spacial score (nSPS) is 23.3. The van der Waals surface area contributed by atoms with Gasteiger partial charge in [0.1, 0.15) is 5.75 Å². The maximum atomic E-state index is 11.4. The zero-order valence-electron chi connectivity index (χ0n) is 14.0. The van der Waals surface area contributed by atoms with E-state index in [2.05, 4.69) is 0 Å². The summed E-state index contributed by atoms with van der Waals surface area (Å²) in [6, 6.07) is 7.52. The van der Waals surface area contributed by atoms with Crippen LogP contribution in [0.25, 0.3) is 0 Å². The lowest BCUT2D eigenvalue weighted by Crippen LogP contribution is -2.36. The van der Waals surface area contributed by atoms with Gasteiger partial charge in [-0.1, -0.05) is 12.1 Å². The molecule has 1 aliphatic heterocycles. The number of carbonyl (C=O) groups is 1. The standard InChI is InChI=1S/C18H24O6/c1-3-23-18-14(5-4-10-19)15(11-16(24-18)17(20)21)12-6-8-13(22-2)9-7-12/h6-9,11,14-15,18-19H,3-5,10H2,1-2H3,(H,20,21)/t14-,15-,18-/m1/s1. The minimum Gasteiger partial charge on any atom is -0.497 e. The molecule has 2 N–H and O–H groups in total. The molecule has 0 aromatic heterocycles. The van der Waals surface area contributed by atoms with Crippen LogP contribution in [0.15, 0.2) is 36.1 Å². The van der Waals surface area contributed by atoms with Crippen molar-refractivity contribution in [2.45, 2.75) is 32.0 Å². The summed E-state index contributed by atoms with van der Waals surface area (Å²) < 4.78 is 16.3. The van der Waals surface area contributed by atoms with Crippen LogP contribution < -0.4 is 4.74 Å². The zero-order valence-corrected chi connectivity index (χ0v) is 14.0. The Balaban J connectivity index is 2.37. The molecule has 6 nitrogen and oxygen atoms in total. The van der Waals surface area contributed by atoms with Crippen molar-refractivity contribution < 1.29 is 29.2 Å². The fraction of sp³-hybridized carbons (Fsp3) is 0.500. The van der Waals surface area contributed by atoms with Crippen molar-refractivity contribution in [2.24, 2.45) is 5.92 Å². The third-order valence-electron chi connectivity index (χ3n) is 4.12. The van der Waals surface area contributed by atoms with Gasteiger partial charge in [0.2, 0.25) is 12.0 Å². The summed E-state index contributed by atoms with van der Waals surface area (Å²) in [4.78, 5) is 11.4. The summed E-state index contributed by atoms with van der Waals surface area (Å²) in [5.74, 6) is -0.720. The molecule has 0 spiro atoms. The van der Waals surface area contributed by atoms with Gasteiger partial charge < -0.3 is 24.4 Å². The van der Waals surface area contributed by atoms with E-state index in [1.165, 1.54) is 0 Å². The smallest absolute Gasteiger partial charge is 0.370 e. The summed E-state index contributed by atoms with van der Waals surface area (Å²) in [6.45, 7) is 2.33. The first kappa shape index (κ1) is 18.3. The number of rotatable bonds is 8. The van der Waals surface area contributed by atoms with Crippen LogP contribution in [-0.2, 0) is 14.3 Å². The minimum absolute atomic E-state index is 0.0696. The molecule has 0 fully saturated rings. The average Bonchev–Trinajstić information content (AvgIpc) is 2.60. The molecular formula is C18H24O6. The molecule has 1 heterocycles. The van der Waals surface area contributed by atoms with E-state index < -0.39 is 12.3 Å². The fourth-order valence-electron chi connectivity index (χ4n) is 2.96. The molecule has 0 bridgehead atoms. The lowest BCUT2D eigenvalue weighted by atomic mass is 9.80. The summed E-state index contributed by atoms with van der Waals surface area (Å²) in [6.07, 6.45) is 2.24. The first-order valence-corrected chi connectivity index (χ1v) is 8.08. The molecule has 0 saturated carbocycles. The van der Waals surface area contributed by atoms with Gasteiger partial charge in [0.15, 0.2) is 0 Å².